The molecule has 112 valence electrons. The van der Waals surface area contributed by atoms with Gasteiger partial charge in [0.1, 0.15) is 17.6 Å². The van der Waals surface area contributed by atoms with Gasteiger partial charge in [-0.05, 0) is 25.0 Å². The van der Waals surface area contributed by atoms with E-state index in [1.807, 2.05) is 6.92 Å². The van der Waals surface area contributed by atoms with E-state index in [2.05, 4.69) is 0 Å². The highest BCUT2D eigenvalue weighted by Crippen LogP contribution is 2.28. The molecule has 1 saturated heterocycles. The smallest absolute Gasteiger partial charge is 0.154 e. The average Bonchev–Trinajstić information content (AvgIpc) is 2.76. The Morgan fingerprint density at radius 2 is 2.20 bits per heavy atom. The van der Waals surface area contributed by atoms with Crippen LogP contribution >= 0.6 is 0 Å². The molecule has 1 N–H and O–H groups in total. The van der Waals surface area contributed by atoms with Crippen molar-refractivity contribution in [3.05, 3.63) is 23.8 Å². The maximum absolute atomic E-state index is 11.4. The Hall–Kier alpha value is -1.27. The fraction of sp³-hybridized carbons (Fsp3) is 0.571. The monoisotopic (exact) mass is 300 g/mol. The lowest BCUT2D eigenvalue weighted by Gasteiger charge is -2.16. The van der Waals surface area contributed by atoms with Crippen LogP contribution in [0.1, 0.15) is 25.3 Å². The van der Waals surface area contributed by atoms with Crippen molar-refractivity contribution in [1.29, 1.82) is 0 Å². The number of sulfone groups is 1. The van der Waals surface area contributed by atoms with Gasteiger partial charge < -0.3 is 14.6 Å². The van der Waals surface area contributed by atoms with Gasteiger partial charge in [-0.1, -0.05) is 6.92 Å². The first-order valence-electron chi connectivity index (χ1n) is 6.77. The Labute approximate surface area is 119 Å². The Bertz CT molecular complexity index is 553. The van der Waals surface area contributed by atoms with Gasteiger partial charge in [0.05, 0.1) is 24.7 Å². The number of rotatable bonds is 6. The van der Waals surface area contributed by atoms with E-state index >= 15 is 0 Å². The van der Waals surface area contributed by atoms with Crippen LogP contribution in [-0.2, 0) is 16.4 Å². The van der Waals surface area contributed by atoms with Crippen molar-refractivity contribution in [3.63, 3.8) is 0 Å². The molecule has 5 nitrogen and oxygen atoms in total. The second kappa shape index (κ2) is 6.45. The Kier molecular flexibility index (Phi) is 4.88. The molecule has 20 heavy (non-hydrogen) atoms. The quantitative estimate of drug-likeness (QED) is 0.862. The number of hydrogen-bond acceptors (Lipinski definition) is 5. The zero-order valence-corrected chi connectivity index (χ0v) is 12.4. The zero-order chi connectivity index (χ0) is 14.6. The van der Waals surface area contributed by atoms with E-state index in [-0.39, 0.29) is 24.2 Å². The van der Waals surface area contributed by atoms with E-state index in [9.17, 15) is 13.5 Å². The van der Waals surface area contributed by atoms with Gasteiger partial charge in [0.15, 0.2) is 9.84 Å². The van der Waals surface area contributed by atoms with Gasteiger partial charge in [-0.2, -0.15) is 0 Å². The summed E-state index contributed by atoms with van der Waals surface area (Å²) in [5.74, 6) is 1.37. The molecule has 1 aromatic carbocycles. The van der Waals surface area contributed by atoms with Gasteiger partial charge >= 0.3 is 0 Å². The van der Waals surface area contributed by atoms with Crippen LogP contribution in [0, 0.1) is 0 Å². The number of hydrogen-bond donors (Lipinski definition) is 1. The van der Waals surface area contributed by atoms with Crippen molar-refractivity contribution in [1.82, 2.24) is 0 Å². The van der Waals surface area contributed by atoms with Gasteiger partial charge in [-0.25, -0.2) is 8.42 Å². The lowest BCUT2D eigenvalue weighted by atomic mass is 10.2. The SMILES string of the molecule is CCCOc1ccc(CO)c(OC2CCS(=O)(=O)C2)c1. The van der Waals surface area contributed by atoms with E-state index in [0.717, 1.165) is 6.42 Å². The van der Waals surface area contributed by atoms with Crippen molar-refractivity contribution in [2.24, 2.45) is 0 Å². The van der Waals surface area contributed by atoms with Crippen LogP contribution in [0.15, 0.2) is 18.2 Å². The molecule has 0 spiro atoms. The highest BCUT2D eigenvalue weighted by atomic mass is 32.2. The molecular weight excluding hydrogens is 280 g/mol. The topological polar surface area (TPSA) is 72.8 Å². The molecule has 1 heterocycles. The maximum atomic E-state index is 11.4. The summed E-state index contributed by atoms with van der Waals surface area (Å²) < 4.78 is 34.1. The minimum Gasteiger partial charge on any atom is -0.493 e. The molecule has 0 bridgehead atoms. The third-order valence-electron chi connectivity index (χ3n) is 3.17. The normalized spacial score (nSPS) is 20.8. The van der Waals surface area contributed by atoms with Crippen LogP contribution < -0.4 is 9.47 Å². The molecule has 1 aliphatic rings. The minimum atomic E-state index is -2.98. The van der Waals surface area contributed by atoms with E-state index in [1.165, 1.54) is 0 Å². The van der Waals surface area contributed by atoms with Crippen molar-refractivity contribution >= 4 is 9.84 Å². The van der Waals surface area contributed by atoms with Crippen molar-refractivity contribution < 1.29 is 23.0 Å². The van der Waals surface area contributed by atoms with Crippen molar-refractivity contribution in [2.45, 2.75) is 32.5 Å². The first-order chi connectivity index (χ1) is 9.54. The van der Waals surface area contributed by atoms with Crippen LogP contribution in [0.3, 0.4) is 0 Å². The summed E-state index contributed by atoms with van der Waals surface area (Å²) in [6.07, 6.45) is 1.05. The molecule has 2 rings (SSSR count). The molecule has 1 atom stereocenters. The van der Waals surface area contributed by atoms with Crippen LogP contribution in [0.4, 0.5) is 0 Å². The summed E-state index contributed by atoms with van der Waals surface area (Å²) in [4.78, 5) is 0. The molecule has 0 aromatic heterocycles. The first kappa shape index (κ1) is 15.1. The molecule has 0 radical (unpaired) electrons. The third kappa shape index (κ3) is 3.86. The molecule has 1 aromatic rings. The molecular formula is C14H20O5S. The summed E-state index contributed by atoms with van der Waals surface area (Å²) >= 11 is 0. The minimum absolute atomic E-state index is 0.0396. The largest absolute Gasteiger partial charge is 0.493 e. The Morgan fingerprint density at radius 1 is 1.40 bits per heavy atom. The van der Waals surface area contributed by atoms with Gasteiger partial charge in [0.25, 0.3) is 0 Å². The summed E-state index contributed by atoms with van der Waals surface area (Å²) in [6, 6.07) is 5.23. The number of aliphatic hydroxyl groups excluding tert-OH is 1. The molecule has 0 aliphatic carbocycles. The summed E-state index contributed by atoms with van der Waals surface area (Å²) in [5, 5.41) is 9.32. The van der Waals surface area contributed by atoms with E-state index in [4.69, 9.17) is 9.47 Å². The van der Waals surface area contributed by atoms with Gasteiger partial charge in [0, 0.05) is 11.6 Å². The lowest BCUT2D eigenvalue weighted by Crippen LogP contribution is -2.18. The van der Waals surface area contributed by atoms with E-state index < -0.39 is 9.84 Å². The predicted molar refractivity (Wildman–Crippen MR) is 75.8 cm³/mol. The fourth-order valence-corrected chi connectivity index (χ4v) is 3.71. The third-order valence-corrected chi connectivity index (χ3v) is 4.90. The average molecular weight is 300 g/mol. The number of ether oxygens (including phenoxy) is 2. The van der Waals surface area contributed by atoms with E-state index in [0.29, 0.717) is 30.1 Å². The number of benzene rings is 1. The van der Waals surface area contributed by atoms with Crippen molar-refractivity contribution in [3.8, 4) is 11.5 Å². The van der Waals surface area contributed by atoms with E-state index in [1.54, 1.807) is 18.2 Å². The van der Waals surface area contributed by atoms with Crippen molar-refractivity contribution in [2.75, 3.05) is 18.1 Å². The molecule has 0 saturated carbocycles. The standard InChI is InChI=1S/C14H20O5S/c1-2-6-18-12-4-3-11(9-15)14(8-12)19-13-5-7-20(16,17)10-13/h3-4,8,13,15H,2,5-7,9-10H2,1H3. The Balaban J connectivity index is 2.12. The summed E-state index contributed by atoms with van der Waals surface area (Å²) in [5.41, 5.74) is 0.637. The maximum Gasteiger partial charge on any atom is 0.154 e. The van der Waals surface area contributed by atoms with Crippen LogP contribution in [0.25, 0.3) is 0 Å². The molecule has 1 aliphatic heterocycles. The predicted octanol–water partition coefficient (Wildman–Crippen LogP) is 1.53. The molecule has 1 unspecified atom stereocenters. The Morgan fingerprint density at radius 3 is 2.80 bits per heavy atom. The molecule has 1 fully saturated rings. The van der Waals surface area contributed by atoms with Crippen LogP contribution in [0.2, 0.25) is 0 Å². The second-order valence-electron chi connectivity index (χ2n) is 4.92. The number of aliphatic hydroxyl groups is 1. The molecule has 6 heteroatoms. The van der Waals surface area contributed by atoms with Crippen LogP contribution in [-0.4, -0.2) is 37.7 Å². The van der Waals surface area contributed by atoms with Gasteiger partial charge in [-0.15, -0.1) is 0 Å². The second-order valence-corrected chi connectivity index (χ2v) is 7.15. The van der Waals surface area contributed by atoms with Gasteiger partial charge in [0.2, 0.25) is 0 Å². The van der Waals surface area contributed by atoms with Crippen LogP contribution in [0.5, 0.6) is 11.5 Å². The highest BCUT2D eigenvalue weighted by molar-refractivity contribution is 7.91. The summed E-state index contributed by atoms with van der Waals surface area (Å²) in [6.45, 7) is 2.47. The lowest BCUT2D eigenvalue weighted by molar-refractivity contribution is 0.213. The summed E-state index contributed by atoms with van der Waals surface area (Å²) in [7, 11) is -2.98. The van der Waals surface area contributed by atoms with Gasteiger partial charge in [-0.3, -0.25) is 0 Å². The first-order valence-corrected chi connectivity index (χ1v) is 8.60. The zero-order valence-electron chi connectivity index (χ0n) is 11.5. The highest BCUT2D eigenvalue weighted by Gasteiger charge is 2.29. The fourth-order valence-electron chi connectivity index (χ4n) is 2.12. The molecule has 0 amide bonds.